The number of likely N-dealkylation sites (tertiary alicyclic amines) is 1. The molecule has 0 unspecified atom stereocenters. The van der Waals surface area contributed by atoms with Crippen molar-refractivity contribution in [3.8, 4) is 0 Å². The molecular formula is C16H24FNO. The van der Waals surface area contributed by atoms with Crippen LogP contribution in [0.1, 0.15) is 38.2 Å². The van der Waals surface area contributed by atoms with E-state index in [0.717, 1.165) is 32.5 Å². The molecule has 1 aliphatic heterocycles. The van der Waals surface area contributed by atoms with Crippen LogP contribution in [-0.2, 0) is 0 Å². The fourth-order valence-corrected chi connectivity index (χ4v) is 2.93. The standard InChI is InChI=1S/C16H24FNO/c1-12(14-5-7-16(17)8-6-14)10-18-9-3-4-15(11-18)13(2)19/h5-8,12-13,15,19H,3-4,9-11H2,1-2H3/t12-,13+,15-/m1/s1. The lowest BCUT2D eigenvalue weighted by Crippen LogP contribution is -2.41. The van der Waals surface area contributed by atoms with E-state index >= 15 is 0 Å². The quantitative estimate of drug-likeness (QED) is 0.904. The average molecular weight is 265 g/mol. The van der Waals surface area contributed by atoms with Gasteiger partial charge in [-0.25, -0.2) is 4.39 Å². The van der Waals surface area contributed by atoms with E-state index in [1.165, 1.54) is 17.7 Å². The van der Waals surface area contributed by atoms with Crippen LogP contribution in [0.25, 0.3) is 0 Å². The molecule has 0 radical (unpaired) electrons. The van der Waals surface area contributed by atoms with Crippen molar-refractivity contribution in [1.82, 2.24) is 4.90 Å². The molecule has 1 saturated heterocycles. The van der Waals surface area contributed by atoms with Gasteiger partial charge in [-0.05, 0) is 55.8 Å². The number of rotatable bonds is 4. The second-order valence-corrected chi connectivity index (χ2v) is 5.86. The number of hydrogen-bond acceptors (Lipinski definition) is 2. The molecule has 3 heteroatoms. The van der Waals surface area contributed by atoms with E-state index in [4.69, 9.17) is 0 Å². The van der Waals surface area contributed by atoms with Crippen molar-refractivity contribution in [2.45, 2.75) is 38.7 Å². The van der Waals surface area contributed by atoms with Crippen LogP contribution in [0.4, 0.5) is 4.39 Å². The highest BCUT2D eigenvalue weighted by Crippen LogP contribution is 2.23. The van der Waals surface area contributed by atoms with Crippen molar-refractivity contribution in [1.29, 1.82) is 0 Å². The minimum Gasteiger partial charge on any atom is -0.393 e. The lowest BCUT2D eigenvalue weighted by atomic mass is 9.92. The predicted molar refractivity (Wildman–Crippen MR) is 75.7 cm³/mol. The molecule has 0 bridgehead atoms. The summed E-state index contributed by atoms with van der Waals surface area (Å²) in [5.41, 5.74) is 1.18. The van der Waals surface area contributed by atoms with Gasteiger partial charge in [0.1, 0.15) is 5.82 Å². The predicted octanol–water partition coefficient (Wildman–Crippen LogP) is 3.02. The molecule has 3 atom stereocenters. The van der Waals surface area contributed by atoms with Crippen molar-refractivity contribution in [2.24, 2.45) is 5.92 Å². The highest BCUT2D eigenvalue weighted by atomic mass is 19.1. The van der Waals surface area contributed by atoms with Gasteiger partial charge in [0.05, 0.1) is 6.10 Å². The molecule has 2 nitrogen and oxygen atoms in total. The van der Waals surface area contributed by atoms with Gasteiger partial charge in [-0.1, -0.05) is 19.1 Å². The maximum absolute atomic E-state index is 12.9. The summed E-state index contributed by atoms with van der Waals surface area (Å²) in [4.78, 5) is 2.43. The second-order valence-electron chi connectivity index (χ2n) is 5.86. The van der Waals surface area contributed by atoms with E-state index in [2.05, 4.69) is 11.8 Å². The van der Waals surface area contributed by atoms with E-state index in [1.807, 2.05) is 19.1 Å². The molecule has 0 aliphatic carbocycles. The van der Waals surface area contributed by atoms with Crippen LogP contribution in [0.5, 0.6) is 0 Å². The van der Waals surface area contributed by atoms with Crippen LogP contribution in [-0.4, -0.2) is 35.7 Å². The molecule has 0 spiro atoms. The number of aliphatic hydroxyl groups excluding tert-OH is 1. The zero-order valence-electron chi connectivity index (χ0n) is 11.8. The monoisotopic (exact) mass is 265 g/mol. The van der Waals surface area contributed by atoms with Gasteiger partial charge in [-0.3, -0.25) is 0 Å². The van der Waals surface area contributed by atoms with Gasteiger partial charge >= 0.3 is 0 Å². The Labute approximate surface area is 115 Å². The lowest BCUT2D eigenvalue weighted by Gasteiger charge is -2.35. The molecule has 1 aromatic carbocycles. The van der Waals surface area contributed by atoms with E-state index in [0.29, 0.717) is 11.8 Å². The number of aliphatic hydroxyl groups is 1. The molecule has 1 aromatic rings. The maximum atomic E-state index is 12.9. The molecule has 106 valence electrons. The Morgan fingerprint density at radius 1 is 1.32 bits per heavy atom. The summed E-state index contributed by atoms with van der Waals surface area (Å²) in [7, 11) is 0. The van der Waals surface area contributed by atoms with Crippen LogP contribution in [0, 0.1) is 11.7 Å². The zero-order chi connectivity index (χ0) is 13.8. The number of halogens is 1. The second kappa shape index (κ2) is 6.49. The van der Waals surface area contributed by atoms with Crippen LogP contribution in [0.2, 0.25) is 0 Å². The molecule has 0 saturated carbocycles. The fraction of sp³-hybridized carbons (Fsp3) is 0.625. The summed E-state index contributed by atoms with van der Waals surface area (Å²) in [6.45, 7) is 7.13. The first-order chi connectivity index (χ1) is 9.06. The molecular weight excluding hydrogens is 241 g/mol. The van der Waals surface area contributed by atoms with Gasteiger partial charge in [-0.15, -0.1) is 0 Å². The first-order valence-corrected chi connectivity index (χ1v) is 7.22. The summed E-state index contributed by atoms with van der Waals surface area (Å²) in [5, 5.41) is 9.71. The lowest BCUT2D eigenvalue weighted by molar-refractivity contribution is 0.0610. The Hall–Kier alpha value is -0.930. The van der Waals surface area contributed by atoms with Gasteiger partial charge in [-0.2, -0.15) is 0 Å². The van der Waals surface area contributed by atoms with Crippen LogP contribution >= 0.6 is 0 Å². The van der Waals surface area contributed by atoms with Gasteiger partial charge < -0.3 is 10.0 Å². The summed E-state index contributed by atoms with van der Waals surface area (Å²) in [6.07, 6.45) is 2.06. The third kappa shape index (κ3) is 4.02. The van der Waals surface area contributed by atoms with Crippen molar-refractivity contribution in [3.05, 3.63) is 35.6 Å². The Morgan fingerprint density at radius 3 is 2.63 bits per heavy atom. The molecule has 2 rings (SSSR count). The molecule has 1 heterocycles. The minimum absolute atomic E-state index is 0.178. The van der Waals surface area contributed by atoms with Crippen molar-refractivity contribution in [3.63, 3.8) is 0 Å². The molecule has 1 aliphatic rings. The zero-order valence-corrected chi connectivity index (χ0v) is 11.8. The molecule has 1 fully saturated rings. The van der Waals surface area contributed by atoms with Crippen LogP contribution in [0.15, 0.2) is 24.3 Å². The summed E-state index contributed by atoms with van der Waals surface area (Å²) in [5.74, 6) is 0.616. The van der Waals surface area contributed by atoms with Gasteiger partial charge in [0.15, 0.2) is 0 Å². The number of piperidine rings is 1. The van der Waals surface area contributed by atoms with E-state index < -0.39 is 0 Å². The first kappa shape index (κ1) is 14.5. The third-order valence-electron chi connectivity index (χ3n) is 4.20. The maximum Gasteiger partial charge on any atom is 0.123 e. The normalized spacial score (nSPS) is 24.1. The Kier molecular flexibility index (Phi) is 4.94. The fourth-order valence-electron chi connectivity index (χ4n) is 2.93. The minimum atomic E-state index is -0.219. The summed E-state index contributed by atoms with van der Waals surface area (Å²) < 4.78 is 12.9. The molecule has 19 heavy (non-hydrogen) atoms. The number of benzene rings is 1. The molecule has 0 amide bonds. The summed E-state index contributed by atoms with van der Waals surface area (Å²) in [6, 6.07) is 6.80. The Balaban J connectivity index is 1.91. The summed E-state index contributed by atoms with van der Waals surface area (Å²) >= 11 is 0. The van der Waals surface area contributed by atoms with Crippen LogP contribution < -0.4 is 0 Å². The third-order valence-corrected chi connectivity index (χ3v) is 4.20. The van der Waals surface area contributed by atoms with E-state index in [9.17, 15) is 9.50 Å². The Bertz CT molecular complexity index is 390. The first-order valence-electron chi connectivity index (χ1n) is 7.22. The molecule has 0 aromatic heterocycles. The number of nitrogens with zero attached hydrogens (tertiary/aromatic N) is 1. The van der Waals surface area contributed by atoms with Gasteiger partial charge in [0.2, 0.25) is 0 Å². The average Bonchev–Trinajstić information content (AvgIpc) is 2.39. The van der Waals surface area contributed by atoms with Gasteiger partial charge in [0, 0.05) is 13.1 Å². The SMILES string of the molecule is C[C@H](CN1CCC[C@@H]([C@H](C)O)C1)c1ccc(F)cc1. The number of hydrogen-bond donors (Lipinski definition) is 1. The van der Waals surface area contributed by atoms with Crippen LogP contribution in [0.3, 0.4) is 0 Å². The molecule has 1 N–H and O–H groups in total. The van der Waals surface area contributed by atoms with Crippen molar-refractivity contribution in [2.75, 3.05) is 19.6 Å². The van der Waals surface area contributed by atoms with Gasteiger partial charge in [0.25, 0.3) is 0 Å². The van der Waals surface area contributed by atoms with Crippen molar-refractivity contribution < 1.29 is 9.50 Å². The highest BCUT2D eigenvalue weighted by molar-refractivity contribution is 5.20. The van der Waals surface area contributed by atoms with E-state index in [1.54, 1.807) is 0 Å². The topological polar surface area (TPSA) is 23.5 Å². The smallest absolute Gasteiger partial charge is 0.123 e. The Morgan fingerprint density at radius 2 is 2.00 bits per heavy atom. The highest BCUT2D eigenvalue weighted by Gasteiger charge is 2.24. The largest absolute Gasteiger partial charge is 0.393 e. The van der Waals surface area contributed by atoms with E-state index in [-0.39, 0.29) is 11.9 Å². The van der Waals surface area contributed by atoms with Crippen molar-refractivity contribution >= 4 is 0 Å².